The molecule has 1 unspecified atom stereocenters. The highest BCUT2D eigenvalue weighted by atomic mass is 32.3. The fourth-order valence-corrected chi connectivity index (χ4v) is 4.85. The van der Waals surface area contributed by atoms with Gasteiger partial charge in [0.05, 0.1) is 0 Å². The molecule has 0 heterocycles. The molecule has 1 nitrogen and oxygen atoms in total. The van der Waals surface area contributed by atoms with Gasteiger partial charge in [-0.25, -0.2) is 0 Å². The van der Waals surface area contributed by atoms with Crippen LogP contribution in [0.15, 0.2) is 0 Å². The molecule has 0 aliphatic carbocycles. The Morgan fingerprint density at radius 2 is 1.62 bits per heavy atom. The molecule has 0 saturated heterocycles. The number of hydrogen-bond donors (Lipinski definition) is 0. The lowest BCUT2D eigenvalue weighted by molar-refractivity contribution is 0.225. The third kappa shape index (κ3) is 5.58. The van der Waals surface area contributed by atoms with E-state index in [2.05, 4.69) is 57.7 Å². The molecule has 16 heavy (non-hydrogen) atoms. The van der Waals surface area contributed by atoms with E-state index in [1.807, 2.05) is 0 Å². The summed E-state index contributed by atoms with van der Waals surface area (Å²) in [6, 6.07) is 0.710. The van der Waals surface area contributed by atoms with E-state index in [1.54, 1.807) is 0 Å². The van der Waals surface area contributed by atoms with Crippen LogP contribution in [0, 0.1) is 5.41 Å². The Hall–Kier alpha value is 0.310. The summed E-state index contributed by atoms with van der Waals surface area (Å²) in [4.78, 5) is 0. The summed E-state index contributed by atoms with van der Waals surface area (Å²) in [7, 11) is -0.568. The first-order chi connectivity index (χ1) is 7.14. The van der Waals surface area contributed by atoms with E-state index >= 15 is 0 Å². The summed E-state index contributed by atoms with van der Waals surface area (Å²) in [6.07, 6.45) is 11.2. The molecule has 0 radical (unpaired) electrons. The molecule has 0 fully saturated rings. The van der Waals surface area contributed by atoms with Gasteiger partial charge in [0.25, 0.3) is 0 Å². The van der Waals surface area contributed by atoms with E-state index in [1.165, 1.54) is 25.8 Å². The van der Waals surface area contributed by atoms with E-state index in [4.69, 9.17) is 0 Å². The van der Waals surface area contributed by atoms with Gasteiger partial charge in [0, 0.05) is 12.6 Å². The maximum atomic E-state index is 2.70. The Balaban J connectivity index is 4.48. The van der Waals surface area contributed by atoms with Crippen LogP contribution in [0.4, 0.5) is 0 Å². The van der Waals surface area contributed by atoms with Crippen LogP contribution in [-0.2, 0) is 0 Å². The van der Waals surface area contributed by atoms with Gasteiger partial charge in [-0.2, -0.15) is 10.2 Å². The second kappa shape index (κ2) is 6.30. The van der Waals surface area contributed by atoms with E-state index in [-0.39, 0.29) is 0 Å². The normalized spacial score (nSPS) is 16.6. The Labute approximate surface area is 105 Å². The molecule has 0 aromatic carbocycles. The molecule has 0 rings (SSSR count). The van der Waals surface area contributed by atoms with Crippen molar-refractivity contribution in [1.82, 2.24) is 4.31 Å². The number of nitrogens with zero attached hydrogens (tertiary/aromatic N) is 1. The molecule has 0 aliphatic heterocycles. The van der Waals surface area contributed by atoms with Crippen molar-refractivity contribution in [3.8, 4) is 0 Å². The lowest BCUT2D eigenvalue weighted by Crippen LogP contribution is -2.37. The van der Waals surface area contributed by atoms with Gasteiger partial charge >= 0.3 is 0 Å². The number of rotatable bonds is 7. The van der Waals surface area contributed by atoms with Crippen molar-refractivity contribution >= 4 is 10.2 Å². The zero-order chi connectivity index (χ0) is 13.0. The maximum absolute atomic E-state index is 2.70. The SMILES string of the molecule is CCCC(C)(C)CC(C)N(CC)S(C)(C)C. The van der Waals surface area contributed by atoms with Crippen molar-refractivity contribution in [2.45, 2.75) is 59.9 Å². The van der Waals surface area contributed by atoms with Gasteiger partial charge in [-0.3, -0.25) is 4.31 Å². The van der Waals surface area contributed by atoms with Gasteiger partial charge in [-0.05, 0) is 43.9 Å². The van der Waals surface area contributed by atoms with Crippen molar-refractivity contribution in [3.05, 3.63) is 0 Å². The fraction of sp³-hybridized carbons (Fsp3) is 1.00. The molecule has 1 atom stereocenters. The average molecular weight is 247 g/mol. The van der Waals surface area contributed by atoms with Crippen LogP contribution in [0.2, 0.25) is 0 Å². The van der Waals surface area contributed by atoms with Gasteiger partial charge in [0.1, 0.15) is 0 Å². The summed E-state index contributed by atoms with van der Waals surface area (Å²) < 4.78 is 2.70. The molecule has 0 N–H and O–H groups in total. The molecule has 0 amide bonds. The Morgan fingerprint density at radius 1 is 1.12 bits per heavy atom. The van der Waals surface area contributed by atoms with Crippen LogP contribution in [0.3, 0.4) is 0 Å². The molecule has 0 bridgehead atoms. The van der Waals surface area contributed by atoms with E-state index in [9.17, 15) is 0 Å². The standard InChI is InChI=1S/C14H33NS/c1-9-11-14(4,5)12-13(3)15(10-2)16(6,7)8/h13H,9-12H2,1-8H3. The quantitative estimate of drug-likeness (QED) is 0.639. The molecule has 0 saturated carbocycles. The first kappa shape index (κ1) is 16.3. The largest absolute Gasteiger partial charge is 0.266 e. The summed E-state index contributed by atoms with van der Waals surface area (Å²) in [5.74, 6) is 0. The maximum Gasteiger partial charge on any atom is 0.0163 e. The highest BCUT2D eigenvalue weighted by molar-refractivity contribution is 8.30. The second-order valence-electron chi connectivity index (χ2n) is 6.47. The first-order valence-electron chi connectivity index (χ1n) is 6.59. The van der Waals surface area contributed by atoms with Crippen LogP contribution in [0.25, 0.3) is 0 Å². The summed E-state index contributed by atoms with van der Waals surface area (Å²) in [6.45, 7) is 13.0. The zero-order valence-electron chi connectivity index (χ0n) is 12.8. The van der Waals surface area contributed by atoms with E-state index < -0.39 is 10.2 Å². The van der Waals surface area contributed by atoms with E-state index in [0.29, 0.717) is 11.5 Å². The van der Waals surface area contributed by atoms with Crippen LogP contribution < -0.4 is 0 Å². The Bertz CT molecular complexity index is 193. The zero-order valence-corrected chi connectivity index (χ0v) is 13.6. The minimum absolute atomic E-state index is 0.492. The minimum Gasteiger partial charge on any atom is -0.266 e. The lowest BCUT2D eigenvalue weighted by atomic mass is 9.82. The predicted molar refractivity (Wildman–Crippen MR) is 80.5 cm³/mol. The van der Waals surface area contributed by atoms with Crippen LogP contribution in [0.1, 0.15) is 53.9 Å². The van der Waals surface area contributed by atoms with E-state index in [0.717, 1.165) is 0 Å². The molecule has 0 spiro atoms. The van der Waals surface area contributed by atoms with Crippen molar-refractivity contribution in [2.75, 3.05) is 25.3 Å². The van der Waals surface area contributed by atoms with Crippen molar-refractivity contribution < 1.29 is 0 Å². The molecule has 2 heteroatoms. The topological polar surface area (TPSA) is 3.24 Å². The highest BCUT2D eigenvalue weighted by Gasteiger charge is 2.27. The van der Waals surface area contributed by atoms with Gasteiger partial charge < -0.3 is 0 Å². The molecule has 100 valence electrons. The average Bonchev–Trinajstić information content (AvgIpc) is 1.99. The summed E-state index contributed by atoms with van der Waals surface area (Å²) in [5.41, 5.74) is 0.492. The van der Waals surface area contributed by atoms with Crippen molar-refractivity contribution in [1.29, 1.82) is 0 Å². The third-order valence-electron chi connectivity index (χ3n) is 3.28. The highest BCUT2D eigenvalue weighted by Crippen LogP contribution is 2.43. The molecular weight excluding hydrogens is 214 g/mol. The molecule has 0 aliphatic rings. The van der Waals surface area contributed by atoms with Crippen LogP contribution in [-0.4, -0.2) is 35.7 Å². The molecular formula is C14H33NS. The first-order valence-corrected chi connectivity index (χ1v) is 9.40. The van der Waals surface area contributed by atoms with Gasteiger partial charge in [-0.15, -0.1) is 0 Å². The van der Waals surface area contributed by atoms with Crippen LogP contribution in [0.5, 0.6) is 0 Å². The predicted octanol–water partition coefficient (Wildman–Crippen LogP) is 4.52. The van der Waals surface area contributed by atoms with Gasteiger partial charge in [0.2, 0.25) is 0 Å². The fourth-order valence-electron chi connectivity index (χ4n) is 2.92. The lowest BCUT2D eigenvalue weighted by Gasteiger charge is -2.45. The van der Waals surface area contributed by atoms with Crippen LogP contribution >= 0.6 is 10.2 Å². The van der Waals surface area contributed by atoms with Gasteiger partial charge in [-0.1, -0.05) is 34.1 Å². The summed E-state index contributed by atoms with van der Waals surface area (Å²) in [5, 5.41) is 0. The molecule has 0 aromatic rings. The Morgan fingerprint density at radius 3 is 1.94 bits per heavy atom. The van der Waals surface area contributed by atoms with Crippen molar-refractivity contribution in [2.24, 2.45) is 5.41 Å². The molecule has 0 aromatic heterocycles. The minimum atomic E-state index is -0.568. The number of hydrogen-bond acceptors (Lipinski definition) is 1. The van der Waals surface area contributed by atoms with Gasteiger partial charge in [0.15, 0.2) is 0 Å². The van der Waals surface area contributed by atoms with Crippen molar-refractivity contribution in [3.63, 3.8) is 0 Å². The monoisotopic (exact) mass is 247 g/mol. The smallest absolute Gasteiger partial charge is 0.0163 e. The third-order valence-corrected chi connectivity index (χ3v) is 5.31. The Kier molecular flexibility index (Phi) is 6.42. The second-order valence-corrected chi connectivity index (χ2v) is 10.5. The summed E-state index contributed by atoms with van der Waals surface area (Å²) >= 11 is 0.